The van der Waals surface area contributed by atoms with Gasteiger partial charge >= 0.3 is 0 Å². The average molecular weight is 349 g/mol. The van der Waals surface area contributed by atoms with Crippen LogP contribution in [0.4, 0.5) is 5.69 Å². The Morgan fingerprint density at radius 3 is 2.67 bits per heavy atom. The molecule has 0 unspecified atom stereocenters. The Morgan fingerprint density at radius 1 is 1.24 bits per heavy atom. The molecule has 0 saturated carbocycles. The molecule has 21 heavy (non-hydrogen) atoms. The molecule has 0 bridgehead atoms. The lowest BCUT2D eigenvalue weighted by Gasteiger charge is -2.19. The fourth-order valence-electron chi connectivity index (χ4n) is 3.11. The lowest BCUT2D eigenvalue weighted by molar-refractivity contribution is -0.124. The minimum Gasteiger partial charge on any atom is -0.371 e. The fraction of sp³-hybridized carbons (Fsp3) is 0.471. The van der Waals surface area contributed by atoms with Gasteiger partial charge in [-0.2, -0.15) is 0 Å². The van der Waals surface area contributed by atoms with E-state index < -0.39 is 0 Å². The average Bonchev–Trinajstić information content (AvgIpc) is 3.17. The molecule has 4 heteroatoms. The first-order valence-corrected chi connectivity index (χ1v) is 8.45. The van der Waals surface area contributed by atoms with Gasteiger partial charge in [0.15, 0.2) is 0 Å². The van der Waals surface area contributed by atoms with Crippen molar-refractivity contribution >= 4 is 27.5 Å². The van der Waals surface area contributed by atoms with Crippen molar-refractivity contribution in [2.24, 2.45) is 11.8 Å². The Balaban J connectivity index is 1.46. The number of carbonyl (C=O) groups is 1. The third-order valence-corrected chi connectivity index (χ3v) is 4.95. The van der Waals surface area contributed by atoms with Gasteiger partial charge < -0.3 is 10.2 Å². The maximum atomic E-state index is 12.0. The van der Waals surface area contributed by atoms with E-state index in [2.05, 4.69) is 62.6 Å². The molecule has 0 spiro atoms. The first-order chi connectivity index (χ1) is 10.2. The Bertz CT molecular complexity index is 518. The highest BCUT2D eigenvalue weighted by molar-refractivity contribution is 9.10. The molecule has 3 nitrogen and oxygen atoms in total. The van der Waals surface area contributed by atoms with E-state index in [1.807, 2.05) is 0 Å². The Kier molecular flexibility index (Phi) is 4.63. The quantitative estimate of drug-likeness (QED) is 0.846. The van der Waals surface area contributed by atoms with Crippen LogP contribution in [0.1, 0.15) is 19.3 Å². The van der Waals surface area contributed by atoms with Crippen molar-refractivity contribution in [3.8, 4) is 0 Å². The minimum atomic E-state index is 0.175. The summed E-state index contributed by atoms with van der Waals surface area (Å²) in [5.41, 5.74) is 1.27. The van der Waals surface area contributed by atoms with Crippen LogP contribution < -0.4 is 10.2 Å². The smallest absolute Gasteiger partial charge is 0.223 e. The van der Waals surface area contributed by atoms with Crippen LogP contribution in [0.25, 0.3) is 0 Å². The number of allylic oxidation sites excluding steroid dienone is 2. The molecule has 0 aromatic heterocycles. The van der Waals surface area contributed by atoms with E-state index in [0.717, 1.165) is 43.4 Å². The van der Waals surface area contributed by atoms with Crippen LogP contribution in [-0.2, 0) is 4.79 Å². The molecule has 3 rings (SSSR count). The zero-order valence-electron chi connectivity index (χ0n) is 12.1. The van der Waals surface area contributed by atoms with Gasteiger partial charge in [-0.15, -0.1) is 0 Å². The normalized spacial score (nSPS) is 22.0. The summed E-state index contributed by atoms with van der Waals surface area (Å²) in [5.74, 6) is 0.961. The predicted octanol–water partition coefficient (Wildman–Crippen LogP) is 3.36. The predicted molar refractivity (Wildman–Crippen MR) is 89.3 cm³/mol. The summed E-state index contributed by atoms with van der Waals surface area (Å²) in [7, 11) is 0. The van der Waals surface area contributed by atoms with Crippen molar-refractivity contribution in [2.45, 2.75) is 19.3 Å². The van der Waals surface area contributed by atoms with Gasteiger partial charge in [-0.05, 0) is 49.4 Å². The van der Waals surface area contributed by atoms with Crippen molar-refractivity contribution in [3.63, 3.8) is 0 Å². The Labute approximate surface area is 134 Å². The second-order valence-electron chi connectivity index (χ2n) is 5.96. The summed E-state index contributed by atoms with van der Waals surface area (Å²) in [4.78, 5) is 14.4. The largest absolute Gasteiger partial charge is 0.371 e. The number of rotatable bonds is 4. The van der Waals surface area contributed by atoms with Gasteiger partial charge in [-0.25, -0.2) is 0 Å². The van der Waals surface area contributed by atoms with E-state index in [4.69, 9.17) is 0 Å². The summed E-state index contributed by atoms with van der Waals surface area (Å²) in [6, 6.07) is 8.46. The summed E-state index contributed by atoms with van der Waals surface area (Å²) >= 11 is 3.47. The van der Waals surface area contributed by atoms with E-state index in [0.29, 0.717) is 5.92 Å². The van der Waals surface area contributed by atoms with Gasteiger partial charge in [0, 0.05) is 35.7 Å². The lowest BCUT2D eigenvalue weighted by atomic mass is 10.1. The van der Waals surface area contributed by atoms with Crippen LogP contribution in [0.3, 0.4) is 0 Å². The summed E-state index contributed by atoms with van der Waals surface area (Å²) < 4.78 is 1.11. The van der Waals surface area contributed by atoms with E-state index >= 15 is 0 Å². The molecule has 1 aliphatic heterocycles. The van der Waals surface area contributed by atoms with Gasteiger partial charge in [0.2, 0.25) is 5.91 Å². The van der Waals surface area contributed by atoms with Gasteiger partial charge in [0.1, 0.15) is 0 Å². The third kappa shape index (κ3) is 3.67. The second kappa shape index (κ2) is 6.65. The Morgan fingerprint density at radius 2 is 1.95 bits per heavy atom. The zero-order valence-corrected chi connectivity index (χ0v) is 13.7. The third-order valence-electron chi connectivity index (χ3n) is 4.42. The van der Waals surface area contributed by atoms with Crippen LogP contribution in [0, 0.1) is 11.8 Å². The fourth-order valence-corrected chi connectivity index (χ4v) is 3.37. The second-order valence-corrected chi connectivity index (χ2v) is 6.88. The molecule has 1 N–H and O–H groups in total. The van der Waals surface area contributed by atoms with Crippen LogP contribution in [0.2, 0.25) is 0 Å². The number of benzene rings is 1. The van der Waals surface area contributed by atoms with E-state index in [1.165, 1.54) is 5.69 Å². The summed E-state index contributed by atoms with van der Waals surface area (Å²) in [6.45, 7) is 2.92. The van der Waals surface area contributed by atoms with Crippen molar-refractivity contribution in [1.29, 1.82) is 0 Å². The number of hydrogen-bond acceptors (Lipinski definition) is 2. The monoisotopic (exact) mass is 348 g/mol. The van der Waals surface area contributed by atoms with Gasteiger partial charge in [0.05, 0.1) is 0 Å². The molecule has 1 heterocycles. The number of hydrogen-bond donors (Lipinski definition) is 1. The molecule has 0 radical (unpaired) electrons. The number of nitrogens with one attached hydrogen (secondary N) is 1. The van der Waals surface area contributed by atoms with Crippen molar-refractivity contribution < 1.29 is 4.79 Å². The van der Waals surface area contributed by atoms with Gasteiger partial charge in [-0.1, -0.05) is 28.1 Å². The number of carbonyl (C=O) groups excluding carboxylic acids is 1. The number of nitrogens with zero attached hydrogens (tertiary/aromatic N) is 1. The number of amides is 1. The van der Waals surface area contributed by atoms with Crippen molar-refractivity contribution in [2.75, 3.05) is 24.5 Å². The Hall–Kier alpha value is -1.29. The highest BCUT2D eigenvalue weighted by atomic mass is 79.9. The highest BCUT2D eigenvalue weighted by Gasteiger charge is 2.25. The number of anilines is 1. The summed E-state index contributed by atoms with van der Waals surface area (Å²) in [6.07, 6.45) is 7.17. The topological polar surface area (TPSA) is 32.3 Å². The SMILES string of the molecule is O=C(NC[C@@H]1CCN(c2ccc(Br)cc2)C1)C1CC=CC1. The molecule has 1 aromatic carbocycles. The van der Waals surface area contributed by atoms with Crippen LogP contribution in [0.15, 0.2) is 40.9 Å². The summed E-state index contributed by atoms with van der Waals surface area (Å²) in [5, 5.41) is 3.13. The molecule has 2 aliphatic rings. The number of halogens is 1. The molecule has 1 aromatic rings. The molecule has 1 atom stereocenters. The molecule has 1 saturated heterocycles. The van der Waals surface area contributed by atoms with Gasteiger partial charge in [-0.3, -0.25) is 4.79 Å². The first kappa shape index (κ1) is 14.6. The first-order valence-electron chi connectivity index (χ1n) is 7.65. The molecular formula is C17H21BrN2O. The molecular weight excluding hydrogens is 328 g/mol. The maximum Gasteiger partial charge on any atom is 0.223 e. The molecule has 1 fully saturated rings. The van der Waals surface area contributed by atoms with Crippen molar-refractivity contribution in [1.82, 2.24) is 5.32 Å². The molecule has 112 valence electrons. The highest BCUT2D eigenvalue weighted by Crippen LogP contribution is 2.25. The minimum absolute atomic E-state index is 0.175. The zero-order chi connectivity index (χ0) is 14.7. The van der Waals surface area contributed by atoms with Crippen LogP contribution in [0.5, 0.6) is 0 Å². The van der Waals surface area contributed by atoms with Crippen LogP contribution >= 0.6 is 15.9 Å². The van der Waals surface area contributed by atoms with E-state index in [-0.39, 0.29) is 11.8 Å². The van der Waals surface area contributed by atoms with Crippen molar-refractivity contribution in [3.05, 3.63) is 40.9 Å². The molecule has 1 aliphatic carbocycles. The van der Waals surface area contributed by atoms with Crippen LogP contribution in [-0.4, -0.2) is 25.5 Å². The molecule has 1 amide bonds. The van der Waals surface area contributed by atoms with E-state index in [9.17, 15) is 4.79 Å². The maximum absolute atomic E-state index is 12.0. The van der Waals surface area contributed by atoms with Gasteiger partial charge in [0.25, 0.3) is 0 Å². The standard InChI is InChI=1S/C17H21BrN2O/c18-15-5-7-16(8-6-15)20-10-9-13(12-20)11-19-17(21)14-3-1-2-4-14/h1-2,5-8,13-14H,3-4,9-12H2,(H,19,21)/t13-/m0/s1. The lowest BCUT2D eigenvalue weighted by Crippen LogP contribution is -2.34. The van der Waals surface area contributed by atoms with E-state index in [1.54, 1.807) is 0 Å².